The number of aliphatic imine (C=N–C) groups is 1. The van der Waals surface area contributed by atoms with Crippen molar-refractivity contribution in [3.05, 3.63) is 45.5 Å². The van der Waals surface area contributed by atoms with E-state index in [4.69, 9.17) is 28.2 Å². The number of guanidine groups is 1. The Labute approximate surface area is 190 Å². The number of aryl methyl sites for hydroxylation is 2. The van der Waals surface area contributed by atoms with Crippen LogP contribution in [0.3, 0.4) is 0 Å². The molecule has 3 aromatic rings. The fourth-order valence-corrected chi connectivity index (χ4v) is 4.48. The molecule has 0 atom stereocenters. The van der Waals surface area contributed by atoms with Crippen LogP contribution in [0.4, 0.5) is 5.69 Å². The molecule has 160 valence electrons. The fourth-order valence-electron chi connectivity index (χ4n) is 4.03. The Morgan fingerprint density at radius 1 is 1.16 bits per heavy atom. The summed E-state index contributed by atoms with van der Waals surface area (Å²) in [4.78, 5) is 16.9. The van der Waals surface area contributed by atoms with E-state index in [1.807, 2.05) is 34.6 Å². The van der Waals surface area contributed by atoms with E-state index in [1.54, 1.807) is 12.1 Å². The first kappa shape index (κ1) is 21.3. The average Bonchev–Trinajstić information content (AvgIpc) is 3.21. The Morgan fingerprint density at radius 2 is 1.87 bits per heavy atom. The molecule has 3 aromatic heterocycles. The van der Waals surface area contributed by atoms with E-state index in [-0.39, 0.29) is 10.3 Å². The zero-order chi connectivity index (χ0) is 22.3. The molecule has 0 unspecified atom stereocenters. The summed E-state index contributed by atoms with van der Waals surface area (Å²) in [7, 11) is 1.91. The van der Waals surface area contributed by atoms with E-state index in [9.17, 15) is 5.26 Å². The van der Waals surface area contributed by atoms with E-state index in [2.05, 4.69) is 35.0 Å². The topological polar surface area (TPSA) is 86.2 Å². The van der Waals surface area contributed by atoms with Gasteiger partial charge >= 0.3 is 0 Å². The lowest BCUT2D eigenvalue weighted by molar-refractivity contribution is 0.450. The summed E-state index contributed by atoms with van der Waals surface area (Å²) >= 11 is 12.2. The first-order valence-corrected chi connectivity index (χ1v) is 10.7. The Balaban J connectivity index is 1.71. The molecule has 0 saturated carbocycles. The van der Waals surface area contributed by atoms with Crippen molar-refractivity contribution in [2.45, 2.75) is 33.2 Å². The van der Waals surface area contributed by atoms with Crippen molar-refractivity contribution in [1.29, 1.82) is 5.26 Å². The highest BCUT2D eigenvalue weighted by atomic mass is 35.5. The summed E-state index contributed by atoms with van der Waals surface area (Å²) in [6, 6.07) is 5.56. The predicted molar refractivity (Wildman–Crippen MR) is 122 cm³/mol. The van der Waals surface area contributed by atoms with Crippen LogP contribution >= 0.6 is 23.2 Å². The number of fused-ring (bicyclic) bond motifs is 1. The van der Waals surface area contributed by atoms with Gasteiger partial charge in [0.15, 0.2) is 5.65 Å². The highest BCUT2D eigenvalue weighted by Crippen LogP contribution is 2.30. The number of hydrogen-bond donors (Lipinski definition) is 0. The molecule has 4 heterocycles. The number of hydrogen-bond acceptors (Lipinski definition) is 5. The first-order valence-electron chi connectivity index (χ1n) is 9.94. The fraction of sp³-hybridized carbons (Fsp3) is 0.381. The normalized spacial score (nSPS) is 15.5. The van der Waals surface area contributed by atoms with Crippen LogP contribution in [0.1, 0.15) is 36.7 Å². The van der Waals surface area contributed by atoms with Gasteiger partial charge in [-0.15, -0.1) is 4.99 Å². The Kier molecular flexibility index (Phi) is 5.73. The Hall–Kier alpha value is -2.89. The molecule has 1 fully saturated rings. The van der Waals surface area contributed by atoms with E-state index in [1.165, 1.54) is 5.56 Å². The van der Waals surface area contributed by atoms with Gasteiger partial charge in [-0.05, 0) is 36.6 Å². The van der Waals surface area contributed by atoms with Crippen LogP contribution in [-0.4, -0.2) is 43.7 Å². The zero-order valence-electron chi connectivity index (χ0n) is 17.8. The molecule has 0 spiro atoms. The maximum atomic E-state index is 9.30. The van der Waals surface area contributed by atoms with Gasteiger partial charge in [0.2, 0.25) is 12.2 Å². The second-order valence-corrected chi connectivity index (χ2v) is 8.60. The van der Waals surface area contributed by atoms with Crippen molar-refractivity contribution in [3.8, 4) is 6.19 Å². The number of nitrogens with zero attached hydrogens (tertiary/aromatic N) is 8. The quantitative estimate of drug-likeness (QED) is 0.430. The molecule has 31 heavy (non-hydrogen) atoms. The molecule has 0 N–H and O–H groups in total. The van der Waals surface area contributed by atoms with Crippen LogP contribution in [-0.2, 0) is 13.6 Å². The smallest absolute Gasteiger partial charge is 0.217 e. The lowest BCUT2D eigenvalue weighted by Crippen LogP contribution is -2.33. The summed E-state index contributed by atoms with van der Waals surface area (Å²) in [6.45, 7) is 8.19. The van der Waals surface area contributed by atoms with Crippen LogP contribution in [0.2, 0.25) is 10.3 Å². The molecular weight excluding hydrogens is 435 g/mol. The van der Waals surface area contributed by atoms with Gasteiger partial charge in [-0.3, -0.25) is 4.68 Å². The molecule has 0 bridgehead atoms. The van der Waals surface area contributed by atoms with Crippen molar-refractivity contribution in [3.63, 3.8) is 0 Å². The standard InChI is InChI=1S/C21H22Cl2N8/c1-12(2)16-7-14(26-20-19(16)13(3)28-29(20)4)10-30-5-6-31(21(30)25-11-24)15-8-17(22)27-18(23)9-15/h7-9,12H,5-6,10H2,1-4H3/b25-21-. The summed E-state index contributed by atoms with van der Waals surface area (Å²) in [6.07, 6.45) is 1.91. The van der Waals surface area contributed by atoms with Crippen molar-refractivity contribution in [2.75, 3.05) is 18.0 Å². The van der Waals surface area contributed by atoms with Crippen LogP contribution in [0.5, 0.6) is 0 Å². The number of pyridine rings is 2. The van der Waals surface area contributed by atoms with Gasteiger partial charge in [0.1, 0.15) is 10.3 Å². The van der Waals surface area contributed by atoms with Crippen molar-refractivity contribution >= 4 is 45.9 Å². The number of halogens is 2. The predicted octanol–water partition coefficient (Wildman–Crippen LogP) is 4.26. The van der Waals surface area contributed by atoms with Gasteiger partial charge in [-0.1, -0.05) is 37.0 Å². The molecule has 0 amide bonds. The largest absolute Gasteiger partial charge is 0.334 e. The molecule has 0 aliphatic carbocycles. The Bertz CT molecular complexity index is 1200. The summed E-state index contributed by atoms with van der Waals surface area (Å²) in [5.41, 5.74) is 4.70. The lowest BCUT2D eigenvalue weighted by atomic mass is 9.99. The van der Waals surface area contributed by atoms with Crippen molar-refractivity contribution < 1.29 is 0 Å². The Morgan fingerprint density at radius 3 is 2.52 bits per heavy atom. The van der Waals surface area contributed by atoms with Crippen LogP contribution < -0.4 is 4.90 Å². The van der Waals surface area contributed by atoms with Gasteiger partial charge in [0, 0.05) is 31.2 Å². The molecule has 1 aliphatic heterocycles. The second kappa shape index (κ2) is 8.33. The van der Waals surface area contributed by atoms with Gasteiger partial charge in [-0.25, -0.2) is 9.97 Å². The van der Waals surface area contributed by atoms with Crippen LogP contribution in [0, 0.1) is 18.4 Å². The van der Waals surface area contributed by atoms with Gasteiger partial charge in [0.05, 0.1) is 17.9 Å². The maximum absolute atomic E-state index is 9.30. The van der Waals surface area contributed by atoms with Crippen molar-refractivity contribution in [2.24, 2.45) is 12.0 Å². The van der Waals surface area contributed by atoms with E-state index in [0.717, 1.165) is 28.1 Å². The third-order valence-electron chi connectivity index (χ3n) is 5.35. The molecule has 4 rings (SSSR count). The molecule has 0 radical (unpaired) electrons. The summed E-state index contributed by atoms with van der Waals surface area (Å²) < 4.78 is 1.82. The van der Waals surface area contributed by atoms with E-state index >= 15 is 0 Å². The number of nitriles is 1. The molecule has 8 nitrogen and oxygen atoms in total. The molecule has 0 aromatic carbocycles. The number of anilines is 1. The highest BCUT2D eigenvalue weighted by molar-refractivity contribution is 6.33. The van der Waals surface area contributed by atoms with Crippen molar-refractivity contribution in [1.82, 2.24) is 24.6 Å². The van der Waals surface area contributed by atoms with E-state index in [0.29, 0.717) is 31.5 Å². The lowest BCUT2D eigenvalue weighted by Gasteiger charge is -2.22. The molecule has 10 heteroatoms. The average molecular weight is 457 g/mol. The van der Waals surface area contributed by atoms with Crippen LogP contribution in [0.15, 0.2) is 23.2 Å². The minimum Gasteiger partial charge on any atom is -0.334 e. The molecule has 1 saturated heterocycles. The van der Waals surface area contributed by atoms with E-state index < -0.39 is 0 Å². The maximum Gasteiger partial charge on any atom is 0.217 e. The summed E-state index contributed by atoms with van der Waals surface area (Å²) in [5, 5.41) is 15.5. The monoisotopic (exact) mass is 456 g/mol. The highest BCUT2D eigenvalue weighted by Gasteiger charge is 2.29. The molecular formula is C21H22Cl2N8. The number of aromatic nitrogens is 4. The van der Waals surface area contributed by atoms with Gasteiger partial charge < -0.3 is 9.80 Å². The number of rotatable bonds is 4. The third kappa shape index (κ3) is 4.03. The minimum absolute atomic E-state index is 0.289. The summed E-state index contributed by atoms with van der Waals surface area (Å²) in [5.74, 6) is 0.866. The first-order chi connectivity index (χ1) is 14.8. The third-order valence-corrected chi connectivity index (χ3v) is 5.74. The van der Waals surface area contributed by atoms with Gasteiger partial charge in [0.25, 0.3) is 0 Å². The SMILES string of the molecule is Cc1nn(C)c2nc(CN3CCN(c4cc(Cl)nc(Cl)c4)/C3=N\C#N)cc(C(C)C)c12. The minimum atomic E-state index is 0.289. The molecule has 1 aliphatic rings. The second-order valence-electron chi connectivity index (χ2n) is 7.82. The van der Waals surface area contributed by atoms with Crippen LogP contribution in [0.25, 0.3) is 11.0 Å². The zero-order valence-corrected chi connectivity index (χ0v) is 19.3. The van der Waals surface area contributed by atoms with Gasteiger partial charge in [-0.2, -0.15) is 10.4 Å².